The molecule has 0 fully saturated rings. The Morgan fingerprint density at radius 1 is 1.23 bits per heavy atom. The molecule has 2 aromatic carbocycles. The summed E-state index contributed by atoms with van der Waals surface area (Å²) in [7, 11) is 1.56. The summed E-state index contributed by atoms with van der Waals surface area (Å²) in [6.45, 7) is 0.611. The Balaban J connectivity index is 1.55. The number of halogens is 1. The van der Waals surface area contributed by atoms with Crippen molar-refractivity contribution in [2.24, 2.45) is 4.99 Å². The lowest BCUT2D eigenvalue weighted by Crippen LogP contribution is -2.35. The van der Waals surface area contributed by atoms with E-state index in [0.29, 0.717) is 35.9 Å². The van der Waals surface area contributed by atoms with Crippen LogP contribution in [0.25, 0.3) is 0 Å². The maximum absolute atomic E-state index is 12.5. The first kappa shape index (κ1) is 21.1. The van der Waals surface area contributed by atoms with Gasteiger partial charge in [-0.25, -0.2) is 4.99 Å². The van der Waals surface area contributed by atoms with E-state index in [2.05, 4.69) is 28.3 Å². The van der Waals surface area contributed by atoms with E-state index in [9.17, 15) is 4.79 Å². The molecule has 1 aliphatic heterocycles. The number of methoxy groups -OCH3 is 1. The average molecular weight is 423 g/mol. The summed E-state index contributed by atoms with van der Waals surface area (Å²) in [5.41, 5.74) is 2.83. The van der Waals surface area contributed by atoms with Crippen LogP contribution in [0.15, 0.2) is 41.4 Å². The number of benzene rings is 2. The van der Waals surface area contributed by atoms with Crippen LogP contribution >= 0.6 is 11.6 Å². The molecular weight excluding hydrogens is 404 g/mol. The van der Waals surface area contributed by atoms with E-state index in [1.54, 1.807) is 31.4 Å². The van der Waals surface area contributed by atoms with Crippen molar-refractivity contribution in [3.8, 4) is 41.6 Å². The van der Waals surface area contributed by atoms with Gasteiger partial charge in [-0.2, -0.15) is 0 Å². The van der Waals surface area contributed by atoms with Crippen molar-refractivity contribution in [1.29, 1.82) is 0 Å². The van der Waals surface area contributed by atoms with Gasteiger partial charge in [0.1, 0.15) is 24.2 Å². The topological polar surface area (TPSA) is 69.2 Å². The van der Waals surface area contributed by atoms with Gasteiger partial charge in [-0.1, -0.05) is 12.0 Å². The first-order valence-electron chi connectivity index (χ1n) is 9.11. The van der Waals surface area contributed by atoms with Gasteiger partial charge < -0.3 is 19.5 Å². The number of aliphatic imine (C=N–C) groups is 1. The van der Waals surface area contributed by atoms with E-state index in [-0.39, 0.29) is 18.4 Å². The molecule has 0 bridgehead atoms. The molecule has 6 nitrogen and oxygen atoms in total. The molecule has 1 aliphatic rings. The normalized spacial score (nSPS) is 10.9. The predicted octanol–water partition coefficient (Wildman–Crippen LogP) is 3.08. The summed E-state index contributed by atoms with van der Waals surface area (Å²) < 4.78 is 16.0. The van der Waals surface area contributed by atoms with Crippen LogP contribution in [0.3, 0.4) is 0 Å². The lowest BCUT2D eigenvalue weighted by Gasteiger charge is -2.18. The van der Waals surface area contributed by atoms with Gasteiger partial charge in [-0.15, -0.1) is 18.0 Å². The fourth-order valence-corrected chi connectivity index (χ4v) is 2.85. The van der Waals surface area contributed by atoms with Crippen LogP contribution in [0.4, 0.5) is 5.69 Å². The molecule has 152 valence electrons. The Kier molecular flexibility index (Phi) is 7.21. The maximum atomic E-state index is 12.5. The molecule has 7 heteroatoms. The highest BCUT2D eigenvalue weighted by atomic mass is 35.5. The molecule has 3 rings (SSSR count). The van der Waals surface area contributed by atoms with Gasteiger partial charge in [0, 0.05) is 12.1 Å². The third-order valence-corrected chi connectivity index (χ3v) is 4.35. The first-order chi connectivity index (χ1) is 14.7. The van der Waals surface area contributed by atoms with Gasteiger partial charge in [-0.3, -0.25) is 4.79 Å². The molecule has 2 aromatic rings. The Hall–Kier alpha value is -3.61. The molecule has 0 saturated carbocycles. The second kappa shape index (κ2) is 10.2. The summed E-state index contributed by atoms with van der Waals surface area (Å²) >= 11 is 5.49. The lowest BCUT2D eigenvalue weighted by atomic mass is 10.0. The number of hydrogen-bond acceptors (Lipinski definition) is 5. The zero-order valence-corrected chi connectivity index (χ0v) is 17.1. The van der Waals surface area contributed by atoms with E-state index in [4.69, 9.17) is 32.2 Å². The predicted molar refractivity (Wildman–Crippen MR) is 116 cm³/mol. The highest BCUT2D eigenvalue weighted by Crippen LogP contribution is 2.33. The van der Waals surface area contributed by atoms with Crippen LogP contribution in [0, 0.1) is 24.4 Å². The second-order valence-electron chi connectivity index (χ2n) is 6.14. The Bertz CT molecular complexity index is 1080. The molecular formula is C23H19ClN2O4. The number of carbonyl (C=O) groups is 1. The standard InChI is InChI=1S/C23H19ClN2O4/c1-3-12-30-20-8-5-16(14-21(20)28-2)9-11-25-23(27)22-18-15-17(29-13-4-10-24)6-7-19(18)26-22/h1,5-8,14-15H,9-12H2,2H3,(H,25,27). The molecule has 1 amide bonds. The number of rotatable bonds is 8. The fourth-order valence-electron chi connectivity index (χ4n) is 2.80. The van der Waals surface area contributed by atoms with Crippen LogP contribution < -0.4 is 19.5 Å². The Morgan fingerprint density at radius 2 is 2.10 bits per heavy atom. The minimum atomic E-state index is -0.243. The van der Waals surface area contributed by atoms with E-state index in [1.807, 2.05) is 12.1 Å². The van der Waals surface area contributed by atoms with Crippen LogP contribution in [-0.2, 0) is 11.2 Å². The van der Waals surface area contributed by atoms with E-state index in [0.717, 1.165) is 16.8 Å². The van der Waals surface area contributed by atoms with Crippen molar-refractivity contribution >= 4 is 28.9 Å². The number of nitrogens with one attached hydrogen (secondary N) is 1. The molecule has 0 spiro atoms. The summed E-state index contributed by atoms with van der Waals surface area (Å²) in [6.07, 6.45) is 8.33. The molecule has 0 atom stereocenters. The number of ether oxygens (including phenoxy) is 3. The number of terminal acetylenes is 1. The van der Waals surface area contributed by atoms with Crippen LogP contribution in [-0.4, -0.2) is 37.8 Å². The smallest absolute Gasteiger partial charge is 0.270 e. The van der Waals surface area contributed by atoms with Crippen LogP contribution in [0.5, 0.6) is 17.2 Å². The van der Waals surface area contributed by atoms with Crippen LogP contribution in [0.1, 0.15) is 11.1 Å². The lowest BCUT2D eigenvalue weighted by molar-refractivity contribution is -0.114. The molecule has 1 N–H and O–H groups in total. The van der Waals surface area contributed by atoms with Gasteiger partial charge in [-0.05, 0) is 48.2 Å². The molecule has 0 radical (unpaired) electrons. The zero-order chi connectivity index (χ0) is 21.3. The number of hydrogen-bond donors (Lipinski definition) is 1. The Morgan fingerprint density at radius 3 is 2.87 bits per heavy atom. The second-order valence-corrected chi connectivity index (χ2v) is 6.41. The van der Waals surface area contributed by atoms with Crippen molar-refractivity contribution in [2.75, 3.05) is 26.1 Å². The number of nitrogens with zero attached hydrogens (tertiary/aromatic N) is 1. The monoisotopic (exact) mass is 422 g/mol. The summed E-state index contributed by atoms with van der Waals surface area (Å²) in [4.78, 5) is 16.7. The van der Waals surface area contributed by atoms with Crippen molar-refractivity contribution in [3.63, 3.8) is 0 Å². The maximum Gasteiger partial charge on any atom is 0.270 e. The number of alkyl halides is 1. The molecule has 1 heterocycles. The number of amides is 1. The molecule has 0 saturated heterocycles. The minimum Gasteiger partial charge on any atom is -0.493 e. The van der Waals surface area contributed by atoms with Crippen molar-refractivity contribution < 1.29 is 19.0 Å². The number of fused-ring (bicyclic) bond motifs is 1. The summed E-state index contributed by atoms with van der Waals surface area (Å²) in [6, 6.07) is 10.8. The van der Waals surface area contributed by atoms with Gasteiger partial charge >= 0.3 is 0 Å². The van der Waals surface area contributed by atoms with Crippen molar-refractivity contribution in [3.05, 3.63) is 47.5 Å². The first-order valence-corrected chi connectivity index (χ1v) is 9.65. The van der Waals surface area contributed by atoms with Gasteiger partial charge in [0.2, 0.25) is 0 Å². The summed E-state index contributed by atoms with van der Waals surface area (Å²) in [5.74, 6) is 6.68. The van der Waals surface area contributed by atoms with E-state index >= 15 is 0 Å². The quantitative estimate of drug-likeness (QED) is 0.524. The molecule has 30 heavy (non-hydrogen) atoms. The highest BCUT2D eigenvalue weighted by Gasteiger charge is 2.25. The van der Waals surface area contributed by atoms with Crippen LogP contribution in [0.2, 0.25) is 0 Å². The van der Waals surface area contributed by atoms with Gasteiger partial charge in [0.25, 0.3) is 5.91 Å². The minimum absolute atomic E-state index is 0.168. The van der Waals surface area contributed by atoms with Gasteiger partial charge in [0.05, 0.1) is 18.7 Å². The summed E-state index contributed by atoms with van der Waals surface area (Å²) in [5, 5.41) is 2.88. The highest BCUT2D eigenvalue weighted by molar-refractivity contribution is 6.49. The van der Waals surface area contributed by atoms with Gasteiger partial charge in [0.15, 0.2) is 11.5 Å². The number of carbonyl (C=O) groups excluding carboxylic acids is 1. The molecule has 0 unspecified atom stereocenters. The molecule has 0 aliphatic carbocycles. The zero-order valence-electron chi connectivity index (χ0n) is 16.3. The molecule has 0 aromatic heterocycles. The fraction of sp³-hybridized carbons (Fsp3) is 0.217. The average Bonchev–Trinajstić information content (AvgIpc) is 2.74. The van der Waals surface area contributed by atoms with E-state index in [1.165, 1.54) is 0 Å². The Labute approximate surface area is 180 Å². The SMILES string of the molecule is C#CCOc1ccc(CCNC(=O)C2=Nc3ccc(OC#CCCl)cc32)cc1OC. The van der Waals surface area contributed by atoms with Crippen molar-refractivity contribution in [1.82, 2.24) is 5.32 Å². The van der Waals surface area contributed by atoms with Crippen molar-refractivity contribution in [2.45, 2.75) is 6.42 Å². The third kappa shape index (κ3) is 5.05. The van der Waals surface area contributed by atoms with E-state index < -0.39 is 0 Å². The third-order valence-electron chi connectivity index (χ3n) is 4.22. The largest absolute Gasteiger partial charge is 0.493 e.